The molecule has 0 aliphatic carbocycles. The van der Waals surface area contributed by atoms with Gasteiger partial charge in [0.1, 0.15) is 0 Å². The Balaban J connectivity index is 1.87. The number of nitrogens with zero attached hydrogens (tertiary/aromatic N) is 1. The summed E-state index contributed by atoms with van der Waals surface area (Å²) in [5, 5.41) is 8.81. The number of amides is 1. The fourth-order valence-electron chi connectivity index (χ4n) is 2.73. The van der Waals surface area contributed by atoms with Crippen LogP contribution in [0.5, 0.6) is 11.5 Å². The zero-order chi connectivity index (χ0) is 21.7. The van der Waals surface area contributed by atoms with E-state index in [4.69, 9.17) is 26.8 Å². The lowest BCUT2D eigenvalue weighted by molar-refractivity contribution is -0.139. The summed E-state index contributed by atoms with van der Waals surface area (Å²) in [4.78, 5) is 26.8. The van der Waals surface area contributed by atoms with E-state index in [-0.39, 0.29) is 5.91 Å². The molecular formula is C21H19NO5S3. The lowest BCUT2D eigenvalue weighted by Crippen LogP contribution is -2.27. The van der Waals surface area contributed by atoms with E-state index in [0.29, 0.717) is 27.3 Å². The van der Waals surface area contributed by atoms with Crippen molar-refractivity contribution in [1.29, 1.82) is 0 Å². The first kappa shape index (κ1) is 22.2. The van der Waals surface area contributed by atoms with Crippen LogP contribution in [0.4, 0.5) is 5.69 Å². The van der Waals surface area contributed by atoms with Crippen LogP contribution in [0.25, 0.3) is 6.08 Å². The van der Waals surface area contributed by atoms with Gasteiger partial charge in [0.15, 0.2) is 22.4 Å². The first-order chi connectivity index (χ1) is 14.4. The van der Waals surface area contributed by atoms with Gasteiger partial charge in [-0.2, -0.15) is 0 Å². The van der Waals surface area contributed by atoms with Crippen LogP contribution in [0, 0.1) is 0 Å². The van der Waals surface area contributed by atoms with Crippen LogP contribution in [0.3, 0.4) is 0 Å². The molecule has 1 fully saturated rings. The van der Waals surface area contributed by atoms with Gasteiger partial charge < -0.3 is 14.6 Å². The molecule has 1 N–H and O–H groups in total. The summed E-state index contributed by atoms with van der Waals surface area (Å²) >= 11 is 8.27. The second-order valence-corrected chi connectivity index (χ2v) is 8.60. The molecule has 9 heteroatoms. The third kappa shape index (κ3) is 5.16. The van der Waals surface area contributed by atoms with Crippen molar-refractivity contribution in [1.82, 2.24) is 0 Å². The van der Waals surface area contributed by atoms with Crippen molar-refractivity contribution in [3.05, 3.63) is 52.9 Å². The van der Waals surface area contributed by atoms with Crippen LogP contribution in [0.1, 0.15) is 12.5 Å². The number of aliphatic carboxylic acids is 1. The zero-order valence-electron chi connectivity index (χ0n) is 16.3. The summed E-state index contributed by atoms with van der Waals surface area (Å²) in [7, 11) is 0. The second kappa shape index (κ2) is 10.0. The van der Waals surface area contributed by atoms with Crippen molar-refractivity contribution in [2.75, 3.05) is 24.4 Å². The number of ether oxygens (including phenoxy) is 2. The molecule has 0 atom stereocenters. The standard InChI is InChI=1S/C21H19NO5S3/c1-3-26-17-9-13(7-8-16(17)27-12-19(23)24)10-18-20(25)22(21(28)30-18)14-5-4-6-15(11-14)29-2/h4-11H,3,12H2,1-2H3,(H,23,24)/b18-10-. The molecule has 30 heavy (non-hydrogen) atoms. The Bertz CT molecular complexity index is 1020. The second-order valence-electron chi connectivity index (χ2n) is 6.04. The number of hydrogen-bond donors (Lipinski definition) is 1. The predicted molar refractivity (Wildman–Crippen MR) is 125 cm³/mol. The van der Waals surface area contributed by atoms with E-state index in [1.54, 1.807) is 36.0 Å². The number of anilines is 1. The predicted octanol–water partition coefficient (Wildman–Crippen LogP) is 4.68. The van der Waals surface area contributed by atoms with Crippen LogP contribution >= 0.6 is 35.7 Å². The molecule has 0 saturated carbocycles. The van der Waals surface area contributed by atoms with Crippen molar-refractivity contribution in [2.45, 2.75) is 11.8 Å². The minimum Gasteiger partial charge on any atom is -0.490 e. The smallest absolute Gasteiger partial charge is 0.341 e. The number of carbonyl (C=O) groups excluding carboxylic acids is 1. The van der Waals surface area contributed by atoms with E-state index in [1.165, 1.54) is 16.7 Å². The van der Waals surface area contributed by atoms with Gasteiger partial charge in [0.25, 0.3) is 5.91 Å². The first-order valence-corrected chi connectivity index (χ1v) is 11.4. The normalized spacial score (nSPS) is 15.0. The van der Waals surface area contributed by atoms with Crippen LogP contribution in [0.15, 0.2) is 52.3 Å². The Kier molecular flexibility index (Phi) is 7.41. The third-order valence-corrected chi connectivity index (χ3v) is 6.05. The third-order valence-electron chi connectivity index (χ3n) is 4.02. The summed E-state index contributed by atoms with van der Waals surface area (Å²) in [5.41, 5.74) is 1.46. The van der Waals surface area contributed by atoms with E-state index in [1.807, 2.05) is 37.4 Å². The number of carboxylic acid groups (broad SMARTS) is 1. The average Bonchev–Trinajstić information content (AvgIpc) is 3.00. The van der Waals surface area contributed by atoms with Crippen LogP contribution in [-0.4, -0.2) is 40.8 Å². The van der Waals surface area contributed by atoms with E-state index in [9.17, 15) is 9.59 Å². The zero-order valence-corrected chi connectivity index (χ0v) is 18.7. The van der Waals surface area contributed by atoms with Crippen molar-refractivity contribution in [3.63, 3.8) is 0 Å². The summed E-state index contributed by atoms with van der Waals surface area (Å²) in [6, 6.07) is 12.7. The SMILES string of the molecule is CCOc1cc(/C=C2\SC(=S)N(c3cccc(SC)c3)C2=O)ccc1OCC(=O)O. The van der Waals surface area contributed by atoms with E-state index in [0.717, 1.165) is 16.1 Å². The van der Waals surface area contributed by atoms with Gasteiger partial charge >= 0.3 is 5.97 Å². The summed E-state index contributed by atoms with van der Waals surface area (Å²) in [6.45, 7) is 1.75. The molecule has 0 unspecified atom stereocenters. The minimum absolute atomic E-state index is 0.188. The number of carbonyl (C=O) groups is 2. The van der Waals surface area contributed by atoms with Crippen LogP contribution < -0.4 is 14.4 Å². The minimum atomic E-state index is -1.07. The van der Waals surface area contributed by atoms with Gasteiger partial charge in [-0.25, -0.2) is 4.79 Å². The van der Waals surface area contributed by atoms with Gasteiger partial charge in [0, 0.05) is 4.90 Å². The topological polar surface area (TPSA) is 76.1 Å². The fraction of sp³-hybridized carbons (Fsp3) is 0.190. The maximum Gasteiger partial charge on any atom is 0.341 e. The van der Waals surface area contributed by atoms with E-state index >= 15 is 0 Å². The molecule has 6 nitrogen and oxygen atoms in total. The molecule has 0 spiro atoms. The molecule has 1 amide bonds. The van der Waals surface area contributed by atoms with Gasteiger partial charge in [-0.05, 0) is 55.2 Å². The Hall–Kier alpha value is -2.49. The molecule has 1 aliphatic heterocycles. The van der Waals surface area contributed by atoms with Gasteiger partial charge in [-0.15, -0.1) is 11.8 Å². The number of thioether (sulfide) groups is 2. The highest BCUT2D eigenvalue weighted by molar-refractivity contribution is 8.27. The molecule has 2 aromatic rings. The molecule has 1 saturated heterocycles. The summed E-state index contributed by atoms with van der Waals surface area (Å²) in [5.74, 6) is -0.517. The highest BCUT2D eigenvalue weighted by Gasteiger charge is 2.33. The van der Waals surface area contributed by atoms with Crippen molar-refractivity contribution in [2.24, 2.45) is 0 Å². The van der Waals surface area contributed by atoms with E-state index < -0.39 is 12.6 Å². The Morgan fingerprint density at radius 1 is 1.23 bits per heavy atom. The molecule has 0 bridgehead atoms. The van der Waals surface area contributed by atoms with Crippen molar-refractivity contribution in [3.8, 4) is 11.5 Å². The summed E-state index contributed by atoms with van der Waals surface area (Å²) in [6.07, 6.45) is 3.71. The van der Waals surface area contributed by atoms with Crippen molar-refractivity contribution < 1.29 is 24.2 Å². The molecular weight excluding hydrogens is 442 g/mol. The monoisotopic (exact) mass is 461 g/mol. The highest BCUT2D eigenvalue weighted by Crippen LogP contribution is 2.38. The van der Waals surface area contributed by atoms with E-state index in [2.05, 4.69) is 0 Å². The molecule has 0 aromatic heterocycles. The Morgan fingerprint density at radius 2 is 2.03 bits per heavy atom. The van der Waals surface area contributed by atoms with Crippen molar-refractivity contribution >= 4 is 63.7 Å². The molecule has 2 aromatic carbocycles. The van der Waals surface area contributed by atoms with Gasteiger partial charge in [-0.1, -0.05) is 36.1 Å². The highest BCUT2D eigenvalue weighted by atomic mass is 32.2. The Morgan fingerprint density at radius 3 is 2.73 bits per heavy atom. The molecule has 3 rings (SSSR count). The molecule has 0 radical (unpaired) electrons. The number of rotatable bonds is 8. The number of benzene rings is 2. The lowest BCUT2D eigenvalue weighted by Gasteiger charge is -2.15. The van der Waals surface area contributed by atoms with Gasteiger partial charge in [-0.3, -0.25) is 9.69 Å². The molecule has 156 valence electrons. The lowest BCUT2D eigenvalue weighted by atomic mass is 10.1. The fourth-order valence-corrected chi connectivity index (χ4v) is 4.48. The maximum absolute atomic E-state index is 13.0. The molecule has 1 aliphatic rings. The van der Waals surface area contributed by atoms with Crippen LogP contribution in [0.2, 0.25) is 0 Å². The Labute approximate surface area is 188 Å². The number of carboxylic acids is 1. The first-order valence-electron chi connectivity index (χ1n) is 8.96. The molecule has 1 heterocycles. The number of thiocarbonyl (C=S) groups is 1. The van der Waals surface area contributed by atoms with Crippen LogP contribution in [-0.2, 0) is 9.59 Å². The largest absolute Gasteiger partial charge is 0.490 e. The average molecular weight is 462 g/mol. The summed E-state index contributed by atoms with van der Waals surface area (Å²) < 4.78 is 11.3. The van der Waals surface area contributed by atoms with Gasteiger partial charge in [0.2, 0.25) is 0 Å². The van der Waals surface area contributed by atoms with Gasteiger partial charge in [0.05, 0.1) is 17.2 Å². The quantitative estimate of drug-likeness (QED) is 0.345. The maximum atomic E-state index is 13.0. The number of hydrogen-bond acceptors (Lipinski definition) is 7.